The number of aromatic nitrogens is 3. The normalized spacial score (nSPS) is 10.8. The van der Waals surface area contributed by atoms with Crippen LogP contribution in [0.1, 0.15) is 10.5 Å². The topological polar surface area (TPSA) is 81.1 Å². The maximum Gasteiger partial charge on any atom is 0.356 e. The zero-order valence-electron chi connectivity index (χ0n) is 8.57. The molecule has 1 N–H and O–H groups in total. The summed E-state index contributed by atoms with van der Waals surface area (Å²) in [5.41, 5.74) is 1.29. The summed E-state index contributed by atoms with van der Waals surface area (Å²) in [6.45, 7) is 0. The lowest BCUT2D eigenvalue weighted by molar-refractivity contribution is 0.0690. The lowest BCUT2D eigenvalue weighted by Gasteiger charge is -1.90. The van der Waals surface area contributed by atoms with E-state index in [2.05, 4.69) is 10.1 Å². The van der Waals surface area contributed by atoms with Gasteiger partial charge in [-0.2, -0.15) is 14.8 Å². The van der Waals surface area contributed by atoms with Crippen molar-refractivity contribution in [3.8, 4) is 6.01 Å². The van der Waals surface area contributed by atoms with Crippen molar-refractivity contribution in [2.75, 3.05) is 0 Å². The molecule has 0 amide bonds. The Morgan fingerprint density at radius 3 is 2.82 bits per heavy atom. The van der Waals surface area contributed by atoms with Gasteiger partial charge in [-0.15, -0.1) is 0 Å². The Labute approximate surface area is 95.1 Å². The quantitative estimate of drug-likeness (QED) is 0.723. The van der Waals surface area contributed by atoms with Gasteiger partial charge in [0, 0.05) is 6.20 Å². The molecule has 0 saturated carbocycles. The molecule has 0 fully saturated rings. The summed E-state index contributed by atoms with van der Waals surface area (Å²) in [7, 11) is 0. The number of carboxylic acids is 1. The Hall–Kier alpha value is -2.63. The van der Waals surface area contributed by atoms with Crippen LogP contribution < -0.4 is 0 Å². The Kier molecular flexibility index (Phi) is 1.94. The van der Waals surface area contributed by atoms with Crippen LogP contribution in [-0.2, 0) is 0 Å². The van der Waals surface area contributed by atoms with E-state index in [0.29, 0.717) is 11.1 Å². The number of para-hydroxylation sites is 2. The maximum atomic E-state index is 10.7. The first-order valence-electron chi connectivity index (χ1n) is 4.89. The van der Waals surface area contributed by atoms with Gasteiger partial charge in [0.25, 0.3) is 0 Å². The van der Waals surface area contributed by atoms with E-state index in [0.717, 1.165) is 0 Å². The van der Waals surface area contributed by atoms with Gasteiger partial charge in [0.2, 0.25) is 0 Å². The predicted octanol–water partition coefficient (Wildman–Crippen LogP) is 1.71. The Morgan fingerprint density at radius 2 is 2.12 bits per heavy atom. The SMILES string of the molecule is O=C(O)c1ccn(-c2nc3ccccc3o2)n1. The molecule has 0 atom stereocenters. The van der Waals surface area contributed by atoms with E-state index in [-0.39, 0.29) is 11.7 Å². The third-order valence-corrected chi connectivity index (χ3v) is 2.29. The molecule has 0 aliphatic heterocycles. The molecule has 0 aliphatic rings. The van der Waals surface area contributed by atoms with Crippen LogP contribution in [0.15, 0.2) is 40.9 Å². The van der Waals surface area contributed by atoms with Gasteiger partial charge in [-0.25, -0.2) is 4.79 Å². The van der Waals surface area contributed by atoms with Gasteiger partial charge in [0.1, 0.15) is 5.52 Å². The van der Waals surface area contributed by atoms with Crippen molar-refractivity contribution in [3.63, 3.8) is 0 Å². The standard InChI is InChI=1S/C11H7N3O3/c15-10(16)8-5-6-14(13-8)11-12-7-3-1-2-4-9(7)17-11/h1-6H,(H,15,16). The molecule has 1 aromatic carbocycles. The van der Waals surface area contributed by atoms with Crippen molar-refractivity contribution in [1.29, 1.82) is 0 Å². The number of aromatic carboxylic acids is 1. The van der Waals surface area contributed by atoms with E-state index < -0.39 is 5.97 Å². The summed E-state index contributed by atoms with van der Waals surface area (Å²) >= 11 is 0. The van der Waals surface area contributed by atoms with Crippen molar-refractivity contribution >= 4 is 17.1 Å². The molecule has 3 rings (SSSR count). The minimum atomic E-state index is -1.08. The molecule has 3 aromatic rings. The zero-order valence-corrected chi connectivity index (χ0v) is 8.57. The van der Waals surface area contributed by atoms with E-state index in [1.165, 1.54) is 16.9 Å². The predicted molar refractivity (Wildman–Crippen MR) is 58.1 cm³/mol. The van der Waals surface area contributed by atoms with Crippen molar-refractivity contribution < 1.29 is 14.3 Å². The van der Waals surface area contributed by atoms with Gasteiger partial charge < -0.3 is 9.52 Å². The number of oxazole rings is 1. The van der Waals surface area contributed by atoms with Gasteiger partial charge in [-0.3, -0.25) is 0 Å². The summed E-state index contributed by atoms with van der Waals surface area (Å²) in [6.07, 6.45) is 1.49. The Bertz CT molecular complexity index is 666. The fourth-order valence-electron chi connectivity index (χ4n) is 1.50. The number of carboxylic acid groups (broad SMARTS) is 1. The third kappa shape index (κ3) is 1.55. The molecule has 0 saturated heterocycles. The van der Waals surface area contributed by atoms with Crippen LogP contribution in [0.5, 0.6) is 0 Å². The second kappa shape index (κ2) is 3.44. The number of nitrogens with zero attached hydrogens (tertiary/aromatic N) is 3. The minimum absolute atomic E-state index is 0.0488. The number of benzene rings is 1. The van der Waals surface area contributed by atoms with Gasteiger partial charge >= 0.3 is 12.0 Å². The number of rotatable bonds is 2. The fraction of sp³-hybridized carbons (Fsp3) is 0. The van der Waals surface area contributed by atoms with Crippen molar-refractivity contribution in [2.45, 2.75) is 0 Å². The van der Waals surface area contributed by atoms with E-state index in [1.807, 2.05) is 18.2 Å². The van der Waals surface area contributed by atoms with Gasteiger partial charge in [0.05, 0.1) is 0 Å². The zero-order chi connectivity index (χ0) is 11.8. The van der Waals surface area contributed by atoms with Gasteiger partial charge in [0.15, 0.2) is 11.3 Å². The van der Waals surface area contributed by atoms with Crippen LogP contribution in [0.2, 0.25) is 0 Å². The molecule has 2 heterocycles. The van der Waals surface area contributed by atoms with E-state index >= 15 is 0 Å². The maximum absolute atomic E-state index is 10.7. The summed E-state index contributed by atoms with van der Waals surface area (Å²) in [4.78, 5) is 14.9. The second-order valence-corrected chi connectivity index (χ2v) is 3.41. The fourth-order valence-corrected chi connectivity index (χ4v) is 1.50. The smallest absolute Gasteiger partial charge is 0.356 e. The highest BCUT2D eigenvalue weighted by Crippen LogP contribution is 2.17. The number of hydrogen-bond donors (Lipinski definition) is 1. The molecule has 2 aromatic heterocycles. The largest absolute Gasteiger partial charge is 0.476 e. The average Bonchev–Trinajstić information content (AvgIpc) is 2.95. The summed E-state index contributed by atoms with van der Waals surface area (Å²) < 4.78 is 6.74. The number of fused-ring (bicyclic) bond motifs is 1. The molecule has 0 unspecified atom stereocenters. The van der Waals surface area contributed by atoms with E-state index in [4.69, 9.17) is 9.52 Å². The molecular weight excluding hydrogens is 222 g/mol. The highest BCUT2D eigenvalue weighted by atomic mass is 16.4. The van der Waals surface area contributed by atoms with Gasteiger partial charge in [-0.1, -0.05) is 12.1 Å². The summed E-state index contributed by atoms with van der Waals surface area (Å²) in [6, 6.07) is 8.91. The highest BCUT2D eigenvalue weighted by Gasteiger charge is 2.11. The van der Waals surface area contributed by atoms with Crippen LogP contribution in [0.4, 0.5) is 0 Å². The molecule has 0 spiro atoms. The first-order chi connectivity index (χ1) is 8.24. The van der Waals surface area contributed by atoms with Crippen molar-refractivity contribution in [3.05, 3.63) is 42.2 Å². The lowest BCUT2D eigenvalue weighted by atomic mass is 10.3. The first kappa shape index (κ1) is 9.59. The Balaban J connectivity index is 2.10. The second-order valence-electron chi connectivity index (χ2n) is 3.41. The monoisotopic (exact) mass is 229 g/mol. The first-order valence-corrected chi connectivity index (χ1v) is 4.89. The van der Waals surface area contributed by atoms with Crippen molar-refractivity contribution in [2.24, 2.45) is 0 Å². The summed E-state index contributed by atoms with van der Waals surface area (Å²) in [5, 5.41) is 12.6. The van der Waals surface area contributed by atoms with Crippen LogP contribution >= 0.6 is 0 Å². The number of carbonyl (C=O) groups is 1. The Morgan fingerprint density at radius 1 is 1.29 bits per heavy atom. The molecule has 0 aliphatic carbocycles. The van der Waals surface area contributed by atoms with Crippen molar-refractivity contribution in [1.82, 2.24) is 14.8 Å². The molecule has 84 valence electrons. The molecule has 6 heteroatoms. The summed E-state index contributed by atoms with van der Waals surface area (Å²) in [5.74, 6) is -1.08. The lowest BCUT2D eigenvalue weighted by Crippen LogP contribution is -2.00. The van der Waals surface area contributed by atoms with E-state index in [1.54, 1.807) is 6.07 Å². The van der Waals surface area contributed by atoms with Crippen LogP contribution in [-0.4, -0.2) is 25.8 Å². The highest BCUT2D eigenvalue weighted by molar-refractivity contribution is 5.85. The molecule has 0 radical (unpaired) electrons. The average molecular weight is 229 g/mol. The van der Waals surface area contributed by atoms with Crippen LogP contribution in [0.3, 0.4) is 0 Å². The minimum Gasteiger partial charge on any atom is -0.476 e. The molecule has 6 nitrogen and oxygen atoms in total. The molecule has 17 heavy (non-hydrogen) atoms. The molecular formula is C11H7N3O3. The van der Waals surface area contributed by atoms with E-state index in [9.17, 15) is 4.79 Å². The number of hydrogen-bond acceptors (Lipinski definition) is 4. The van der Waals surface area contributed by atoms with Crippen LogP contribution in [0.25, 0.3) is 17.1 Å². The van der Waals surface area contributed by atoms with Crippen LogP contribution in [0, 0.1) is 0 Å². The molecule has 0 bridgehead atoms. The third-order valence-electron chi connectivity index (χ3n) is 2.29. The van der Waals surface area contributed by atoms with Gasteiger partial charge in [-0.05, 0) is 18.2 Å².